The van der Waals surface area contributed by atoms with Gasteiger partial charge in [-0.15, -0.1) is 0 Å². The Morgan fingerprint density at radius 2 is 2.15 bits per heavy atom. The Balaban J connectivity index is 2.36. The molecular weight excluding hydrogens is 252 g/mol. The fourth-order valence-corrected chi connectivity index (χ4v) is 2.49. The van der Waals surface area contributed by atoms with E-state index in [1.165, 1.54) is 0 Å². The molecule has 5 heteroatoms. The van der Waals surface area contributed by atoms with Crippen LogP contribution in [0.1, 0.15) is 44.5 Å². The summed E-state index contributed by atoms with van der Waals surface area (Å²) >= 11 is 0. The molecule has 1 N–H and O–H groups in total. The molecule has 2 rings (SSSR count). The number of hydrogen-bond acceptors (Lipinski definition) is 5. The molecule has 0 saturated carbocycles. The summed E-state index contributed by atoms with van der Waals surface area (Å²) in [7, 11) is 1.91. The highest BCUT2D eigenvalue weighted by Gasteiger charge is 2.23. The fraction of sp³-hybridized carbons (Fsp3) is 0.733. The second-order valence-electron chi connectivity index (χ2n) is 5.63. The van der Waals surface area contributed by atoms with Crippen LogP contribution in [0.5, 0.6) is 0 Å². The second-order valence-corrected chi connectivity index (χ2v) is 5.63. The van der Waals surface area contributed by atoms with Crippen LogP contribution >= 0.6 is 0 Å². The Morgan fingerprint density at radius 3 is 2.75 bits per heavy atom. The van der Waals surface area contributed by atoms with Crippen molar-refractivity contribution in [3.8, 4) is 0 Å². The summed E-state index contributed by atoms with van der Waals surface area (Å²) in [6.07, 6.45) is 1.34. The van der Waals surface area contributed by atoms with Crippen molar-refractivity contribution in [2.75, 3.05) is 37.0 Å². The van der Waals surface area contributed by atoms with Crippen molar-refractivity contribution in [3.63, 3.8) is 0 Å². The minimum Gasteiger partial charge on any atom is -0.375 e. The van der Waals surface area contributed by atoms with E-state index in [4.69, 9.17) is 9.72 Å². The molecule has 1 aliphatic heterocycles. The fourth-order valence-electron chi connectivity index (χ4n) is 2.49. The van der Waals surface area contributed by atoms with Gasteiger partial charge in [0.05, 0.1) is 12.7 Å². The first kappa shape index (κ1) is 15.0. The number of ether oxygens (including phenoxy) is 1. The lowest BCUT2D eigenvalue weighted by Crippen LogP contribution is -2.43. The van der Waals surface area contributed by atoms with Crippen LogP contribution in [0.2, 0.25) is 0 Å². The van der Waals surface area contributed by atoms with Gasteiger partial charge in [0.15, 0.2) is 0 Å². The summed E-state index contributed by atoms with van der Waals surface area (Å²) in [5.41, 5.74) is 1.12. The molecule has 1 aliphatic rings. The van der Waals surface area contributed by atoms with E-state index in [2.05, 4.69) is 42.9 Å². The maximum Gasteiger partial charge on any atom is 0.137 e. The first-order valence-corrected chi connectivity index (χ1v) is 7.49. The number of nitrogens with one attached hydrogen (secondary N) is 1. The number of hydrogen-bond donors (Lipinski definition) is 1. The average Bonchev–Trinajstić information content (AvgIpc) is 2.47. The van der Waals surface area contributed by atoms with Crippen LogP contribution in [0.15, 0.2) is 0 Å². The lowest BCUT2D eigenvalue weighted by molar-refractivity contribution is 0.0381. The van der Waals surface area contributed by atoms with Crippen molar-refractivity contribution >= 4 is 11.6 Å². The number of nitrogens with zero attached hydrogens (tertiary/aromatic N) is 3. The minimum atomic E-state index is 0.304. The van der Waals surface area contributed by atoms with E-state index in [1.54, 1.807) is 0 Å². The molecule has 2 heterocycles. The number of aromatic nitrogens is 2. The van der Waals surface area contributed by atoms with Crippen LogP contribution < -0.4 is 10.2 Å². The molecule has 0 bridgehead atoms. The van der Waals surface area contributed by atoms with E-state index in [-0.39, 0.29) is 0 Å². The van der Waals surface area contributed by atoms with E-state index in [1.807, 2.05) is 7.05 Å². The van der Waals surface area contributed by atoms with Crippen LogP contribution in [0.25, 0.3) is 0 Å². The summed E-state index contributed by atoms with van der Waals surface area (Å²) in [4.78, 5) is 11.7. The molecule has 1 aromatic rings. The quantitative estimate of drug-likeness (QED) is 0.917. The molecule has 0 radical (unpaired) electrons. The van der Waals surface area contributed by atoms with Gasteiger partial charge in [0, 0.05) is 31.6 Å². The highest BCUT2D eigenvalue weighted by atomic mass is 16.5. The SMILES string of the molecule is CCC1CN(c2nc(C(C)C)nc(NC)c2C)CCO1. The highest BCUT2D eigenvalue weighted by molar-refractivity contribution is 5.58. The third-order valence-corrected chi connectivity index (χ3v) is 3.78. The lowest BCUT2D eigenvalue weighted by atomic mass is 10.1. The van der Waals surface area contributed by atoms with Gasteiger partial charge in [-0.3, -0.25) is 0 Å². The Hall–Kier alpha value is -1.36. The van der Waals surface area contributed by atoms with Gasteiger partial charge in [0.1, 0.15) is 17.5 Å². The standard InChI is InChI=1S/C15H26N4O/c1-6-12-9-19(7-8-20-12)15-11(4)14(16-5)17-13(18-15)10(2)3/h10,12H,6-9H2,1-5H3,(H,16,17,18). The molecule has 1 saturated heterocycles. The normalized spacial score (nSPS) is 19.5. The zero-order chi connectivity index (χ0) is 14.7. The molecule has 0 aliphatic carbocycles. The Kier molecular flexibility index (Phi) is 4.81. The average molecular weight is 278 g/mol. The van der Waals surface area contributed by atoms with Gasteiger partial charge in [-0.25, -0.2) is 9.97 Å². The summed E-state index contributed by atoms with van der Waals surface area (Å²) in [6, 6.07) is 0. The molecule has 1 fully saturated rings. The maximum atomic E-state index is 5.75. The zero-order valence-corrected chi connectivity index (χ0v) is 13.2. The van der Waals surface area contributed by atoms with E-state index >= 15 is 0 Å². The molecule has 0 spiro atoms. The first-order valence-electron chi connectivity index (χ1n) is 7.49. The second kappa shape index (κ2) is 6.39. The Morgan fingerprint density at radius 1 is 1.40 bits per heavy atom. The molecule has 0 amide bonds. The predicted molar refractivity (Wildman–Crippen MR) is 82.6 cm³/mol. The van der Waals surface area contributed by atoms with Gasteiger partial charge in [0.25, 0.3) is 0 Å². The van der Waals surface area contributed by atoms with Crippen LogP contribution in [-0.2, 0) is 4.74 Å². The molecule has 0 aromatic carbocycles. The summed E-state index contributed by atoms with van der Waals surface area (Å²) < 4.78 is 5.75. The van der Waals surface area contributed by atoms with Crippen LogP contribution in [-0.4, -0.2) is 42.8 Å². The van der Waals surface area contributed by atoms with Gasteiger partial charge >= 0.3 is 0 Å². The zero-order valence-electron chi connectivity index (χ0n) is 13.2. The van der Waals surface area contributed by atoms with Crippen molar-refractivity contribution < 1.29 is 4.74 Å². The van der Waals surface area contributed by atoms with Gasteiger partial charge in [-0.1, -0.05) is 20.8 Å². The van der Waals surface area contributed by atoms with Crippen molar-refractivity contribution in [1.29, 1.82) is 0 Å². The Labute approximate surface area is 121 Å². The summed E-state index contributed by atoms with van der Waals surface area (Å²) in [5.74, 6) is 3.20. The number of rotatable bonds is 4. The molecule has 1 aromatic heterocycles. The van der Waals surface area contributed by atoms with Crippen LogP contribution in [0.4, 0.5) is 11.6 Å². The molecule has 5 nitrogen and oxygen atoms in total. The summed E-state index contributed by atoms with van der Waals surface area (Å²) in [6.45, 7) is 11.1. The van der Waals surface area contributed by atoms with Gasteiger partial charge in [0.2, 0.25) is 0 Å². The lowest BCUT2D eigenvalue weighted by Gasteiger charge is -2.34. The van der Waals surface area contributed by atoms with E-state index in [0.717, 1.165) is 49.1 Å². The van der Waals surface area contributed by atoms with E-state index in [9.17, 15) is 0 Å². The topological polar surface area (TPSA) is 50.3 Å². The van der Waals surface area contributed by atoms with Gasteiger partial charge in [-0.05, 0) is 13.3 Å². The minimum absolute atomic E-state index is 0.304. The summed E-state index contributed by atoms with van der Waals surface area (Å²) in [5, 5.41) is 3.19. The van der Waals surface area contributed by atoms with Crippen LogP contribution in [0.3, 0.4) is 0 Å². The third-order valence-electron chi connectivity index (χ3n) is 3.78. The molecule has 1 atom stereocenters. The number of anilines is 2. The monoisotopic (exact) mass is 278 g/mol. The highest BCUT2D eigenvalue weighted by Crippen LogP contribution is 2.27. The van der Waals surface area contributed by atoms with E-state index in [0.29, 0.717) is 12.0 Å². The van der Waals surface area contributed by atoms with Crippen molar-refractivity contribution in [2.45, 2.75) is 46.1 Å². The van der Waals surface area contributed by atoms with Crippen molar-refractivity contribution in [2.24, 2.45) is 0 Å². The van der Waals surface area contributed by atoms with Crippen molar-refractivity contribution in [3.05, 3.63) is 11.4 Å². The molecule has 1 unspecified atom stereocenters. The van der Waals surface area contributed by atoms with Crippen molar-refractivity contribution in [1.82, 2.24) is 9.97 Å². The first-order chi connectivity index (χ1) is 9.56. The smallest absolute Gasteiger partial charge is 0.137 e. The maximum absolute atomic E-state index is 5.75. The predicted octanol–water partition coefficient (Wildman–Crippen LogP) is 2.57. The third kappa shape index (κ3) is 3.03. The molecule has 112 valence electrons. The Bertz CT molecular complexity index is 461. The largest absolute Gasteiger partial charge is 0.375 e. The van der Waals surface area contributed by atoms with Gasteiger partial charge in [-0.2, -0.15) is 0 Å². The van der Waals surface area contributed by atoms with Crippen LogP contribution in [0, 0.1) is 6.92 Å². The molecular formula is C15H26N4O. The number of morpholine rings is 1. The van der Waals surface area contributed by atoms with Gasteiger partial charge < -0.3 is 15.0 Å². The molecule has 20 heavy (non-hydrogen) atoms. The van der Waals surface area contributed by atoms with E-state index < -0.39 is 0 Å².